The first-order valence-electron chi connectivity index (χ1n) is 11.0. The van der Waals surface area contributed by atoms with Crippen LogP contribution in [-0.2, 0) is 11.2 Å². The highest BCUT2D eigenvalue weighted by Gasteiger charge is 2.25. The van der Waals surface area contributed by atoms with Crippen molar-refractivity contribution in [2.45, 2.75) is 32.7 Å². The summed E-state index contributed by atoms with van der Waals surface area (Å²) in [7, 11) is 2.17. The summed E-state index contributed by atoms with van der Waals surface area (Å²) in [5.74, 6) is -0.00208. The zero-order chi connectivity index (χ0) is 21.1. The fourth-order valence-electron chi connectivity index (χ4n) is 4.76. The van der Waals surface area contributed by atoms with Crippen molar-refractivity contribution < 1.29 is 9.53 Å². The second-order valence-corrected chi connectivity index (χ2v) is 8.66. The van der Waals surface area contributed by atoms with E-state index >= 15 is 0 Å². The zero-order valence-corrected chi connectivity index (χ0v) is 18.4. The van der Waals surface area contributed by atoms with Crippen LogP contribution in [0.2, 0.25) is 0 Å². The average Bonchev–Trinajstić information content (AvgIpc) is 2.74. The Labute approximate surface area is 180 Å². The second-order valence-electron chi connectivity index (χ2n) is 8.66. The SMILES string of the molecule is Cc1cc(C)cc(C(=O)NC[C@@H](c2ccc3c(c2)CCCN3C)N2CCOCC2)c1. The fraction of sp³-hybridized carbons (Fsp3) is 0.480. The Morgan fingerprint density at radius 3 is 2.53 bits per heavy atom. The molecule has 0 spiro atoms. The summed E-state index contributed by atoms with van der Waals surface area (Å²) in [4.78, 5) is 17.7. The van der Waals surface area contributed by atoms with Gasteiger partial charge in [-0.25, -0.2) is 0 Å². The number of rotatable bonds is 5. The van der Waals surface area contributed by atoms with Crippen LogP contribution in [0.25, 0.3) is 0 Å². The van der Waals surface area contributed by atoms with Crippen LogP contribution in [0.3, 0.4) is 0 Å². The summed E-state index contributed by atoms with van der Waals surface area (Å²) in [6, 6.07) is 13.0. The van der Waals surface area contributed by atoms with E-state index in [2.05, 4.69) is 46.4 Å². The van der Waals surface area contributed by atoms with Crippen LogP contribution < -0.4 is 10.2 Å². The maximum Gasteiger partial charge on any atom is 0.251 e. The van der Waals surface area contributed by atoms with Crippen LogP contribution >= 0.6 is 0 Å². The molecule has 2 aromatic carbocycles. The van der Waals surface area contributed by atoms with Crippen molar-refractivity contribution in [2.24, 2.45) is 0 Å². The van der Waals surface area contributed by atoms with Gasteiger partial charge in [0.15, 0.2) is 0 Å². The fourth-order valence-corrected chi connectivity index (χ4v) is 4.76. The molecule has 0 aromatic heterocycles. The number of hydrogen-bond donors (Lipinski definition) is 1. The molecule has 0 unspecified atom stereocenters. The number of carbonyl (C=O) groups is 1. The smallest absolute Gasteiger partial charge is 0.251 e. The molecule has 30 heavy (non-hydrogen) atoms. The molecule has 4 rings (SSSR count). The number of ether oxygens (including phenoxy) is 1. The molecule has 1 atom stereocenters. The highest BCUT2D eigenvalue weighted by atomic mass is 16.5. The minimum Gasteiger partial charge on any atom is -0.379 e. The number of amides is 1. The summed E-state index contributed by atoms with van der Waals surface area (Å²) in [6.07, 6.45) is 2.32. The molecule has 0 radical (unpaired) electrons. The summed E-state index contributed by atoms with van der Waals surface area (Å²) in [5.41, 5.74) is 7.00. The Balaban J connectivity index is 1.55. The van der Waals surface area contributed by atoms with Crippen LogP contribution in [0.5, 0.6) is 0 Å². The van der Waals surface area contributed by atoms with Crippen LogP contribution in [-0.4, -0.2) is 57.2 Å². The number of fused-ring (bicyclic) bond motifs is 1. The first-order chi connectivity index (χ1) is 14.5. The Hall–Kier alpha value is -2.37. The monoisotopic (exact) mass is 407 g/mol. The van der Waals surface area contributed by atoms with Gasteiger partial charge in [0, 0.05) is 44.5 Å². The lowest BCUT2D eigenvalue weighted by Crippen LogP contribution is -2.44. The molecule has 0 bridgehead atoms. The topological polar surface area (TPSA) is 44.8 Å². The molecule has 2 aliphatic heterocycles. The van der Waals surface area contributed by atoms with Crippen LogP contribution in [0.4, 0.5) is 5.69 Å². The summed E-state index contributed by atoms with van der Waals surface area (Å²) in [6.45, 7) is 9.05. The minimum atomic E-state index is -0.00208. The molecule has 2 aromatic rings. The van der Waals surface area contributed by atoms with Gasteiger partial charge in [-0.2, -0.15) is 0 Å². The molecule has 0 aliphatic carbocycles. The Morgan fingerprint density at radius 2 is 1.80 bits per heavy atom. The normalized spacial score (nSPS) is 18.0. The highest BCUT2D eigenvalue weighted by Crippen LogP contribution is 2.31. The molecule has 2 heterocycles. The number of carbonyl (C=O) groups excluding carboxylic acids is 1. The molecule has 160 valence electrons. The number of nitrogens with zero attached hydrogens (tertiary/aromatic N) is 2. The molecule has 1 saturated heterocycles. The minimum absolute atomic E-state index is 0.00208. The van der Waals surface area contributed by atoms with E-state index in [0.717, 1.165) is 56.0 Å². The van der Waals surface area contributed by atoms with Crippen molar-refractivity contribution in [1.82, 2.24) is 10.2 Å². The van der Waals surface area contributed by atoms with Gasteiger partial charge < -0.3 is 15.0 Å². The first-order valence-corrected chi connectivity index (χ1v) is 11.0. The molecule has 0 saturated carbocycles. The van der Waals surface area contributed by atoms with Gasteiger partial charge in [-0.05, 0) is 56.0 Å². The summed E-state index contributed by atoms with van der Waals surface area (Å²) < 4.78 is 5.58. The lowest BCUT2D eigenvalue weighted by atomic mass is 9.95. The van der Waals surface area contributed by atoms with Gasteiger partial charge in [-0.3, -0.25) is 9.69 Å². The Morgan fingerprint density at radius 1 is 1.07 bits per heavy atom. The number of nitrogens with one attached hydrogen (secondary N) is 1. The molecule has 1 fully saturated rings. The number of morpholine rings is 1. The van der Waals surface area contributed by atoms with Crippen molar-refractivity contribution in [1.29, 1.82) is 0 Å². The first kappa shape index (κ1) is 20.9. The average molecular weight is 408 g/mol. The number of anilines is 1. The van der Waals surface area contributed by atoms with E-state index in [0.29, 0.717) is 6.54 Å². The molecule has 1 N–H and O–H groups in total. The van der Waals surface area contributed by atoms with E-state index in [-0.39, 0.29) is 11.9 Å². The van der Waals surface area contributed by atoms with Crippen LogP contribution in [0.1, 0.15) is 45.1 Å². The van der Waals surface area contributed by atoms with Crippen molar-refractivity contribution in [3.8, 4) is 0 Å². The number of hydrogen-bond acceptors (Lipinski definition) is 4. The maximum atomic E-state index is 12.9. The molecular formula is C25H33N3O2. The van der Waals surface area contributed by atoms with Gasteiger partial charge in [0.25, 0.3) is 5.91 Å². The quantitative estimate of drug-likeness (QED) is 0.824. The highest BCUT2D eigenvalue weighted by molar-refractivity contribution is 5.94. The van der Waals surface area contributed by atoms with Crippen LogP contribution in [0.15, 0.2) is 36.4 Å². The Kier molecular flexibility index (Phi) is 6.40. The third-order valence-electron chi connectivity index (χ3n) is 6.27. The van der Waals surface area contributed by atoms with Gasteiger partial charge in [-0.1, -0.05) is 29.3 Å². The second kappa shape index (κ2) is 9.19. The van der Waals surface area contributed by atoms with Gasteiger partial charge in [0.05, 0.1) is 19.3 Å². The van der Waals surface area contributed by atoms with E-state index in [1.807, 2.05) is 26.0 Å². The van der Waals surface area contributed by atoms with E-state index in [1.54, 1.807) is 0 Å². The third-order valence-corrected chi connectivity index (χ3v) is 6.27. The van der Waals surface area contributed by atoms with Crippen molar-refractivity contribution >= 4 is 11.6 Å². The van der Waals surface area contributed by atoms with Crippen LogP contribution in [0, 0.1) is 13.8 Å². The number of aryl methyl sites for hydroxylation is 3. The third kappa shape index (κ3) is 4.68. The largest absolute Gasteiger partial charge is 0.379 e. The van der Waals surface area contributed by atoms with Gasteiger partial charge in [-0.15, -0.1) is 0 Å². The zero-order valence-electron chi connectivity index (χ0n) is 18.4. The standard InChI is InChI=1S/C25H33N3O2/c1-18-13-19(2)15-22(14-18)25(29)26-17-24(28-9-11-30-12-10-28)21-6-7-23-20(16-21)5-4-8-27(23)3/h6-7,13-16,24H,4-5,8-12,17H2,1-3H3,(H,26,29)/t24-/m0/s1. The van der Waals surface area contributed by atoms with E-state index in [4.69, 9.17) is 4.74 Å². The molecule has 1 amide bonds. The summed E-state index contributed by atoms with van der Waals surface area (Å²) >= 11 is 0. The van der Waals surface area contributed by atoms with Gasteiger partial charge in [0.1, 0.15) is 0 Å². The van der Waals surface area contributed by atoms with Gasteiger partial charge in [0.2, 0.25) is 0 Å². The molecule has 5 nitrogen and oxygen atoms in total. The predicted octanol–water partition coefficient (Wildman–Crippen LogP) is 3.49. The van der Waals surface area contributed by atoms with E-state index < -0.39 is 0 Å². The van der Waals surface area contributed by atoms with Gasteiger partial charge >= 0.3 is 0 Å². The molecule has 5 heteroatoms. The summed E-state index contributed by atoms with van der Waals surface area (Å²) in [5, 5.41) is 3.21. The lowest BCUT2D eigenvalue weighted by molar-refractivity contribution is 0.0162. The van der Waals surface area contributed by atoms with Crippen molar-refractivity contribution in [3.63, 3.8) is 0 Å². The molecular weight excluding hydrogens is 374 g/mol. The molecule has 2 aliphatic rings. The lowest BCUT2D eigenvalue weighted by Gasteiger charge is -2.36. The number of benzene rings is 2. The predicted molar refractivity (Wildman–Crippen MR) is 121 cm³/mol. The van der Waals surface area contributed by atoms with Crippen molar-refractivity contribution in [3.05, 3.63) is 64.2 Å². The van der Waals surface area contributed by atoms with Crippen molar-refractivity contribution in [2.75, 3.05) is 51.3 Å². The Bertz CT molecular complexity index is 885. The van der Waals surface area contributed by atoms with E-state index in [1.165, 1.54) is 23.2 Å². The van der Waals surface area contributed by atoms with E-state index in [9.17, 15) is 4.79 Å². The maximum absolute atomic E-state index is 12.9.